The molecule has 5 nitrogen and oxygen atoms in total. The molecule has 4 rings (SSSR count). The van der Waals surface area contributed by atoms with Crippen LogP contribution in [0.3, 0.4) is 0 Å². The molecular weight excluding hydrogens is 376 g/mol. The summed E-state index contributed by atoms with van der Waals surface area (Å²) in [7, 11) is 0. The molecule has 0 aromatic heterocycles. The van der Waals surface area contributed by atoms with Gasteiger partial charge in [-0.15, -0.1) is 0 Å². The number of benzene rings is 2. The van der Waals surface area contributed by atoms with Gasteiger partial charge in [-0.1, -0.05) is 61.7 Å². The van der Waals surface area contributed by atoms with Gasteiger partial charge in [0.05, 0.1) is 5.69 Å². The van der Waals surface area contributed by atoms with Gasteiger partial charge < -0.3 is 10.1 Å². The molecule has 5 heteroatoms. The average molecular weight is 405 g/mol. The lowest BCUT2D eigenvalue weighted by atomic mass is 9.86. The highest BCUT2D eigenvalue weighted by Crippen LogP contribution is 2.35. The highest BCUT2D eigenvalue weighted by Gasteiger charge is 2.32. The number of aryl methyl sites for hydroxylation is 1. The summed E-state index contributed by atoms with van der Waals surface area (Å²) in [6.07, 6.45) is 6.22. The van der Waals surface area contributed by atoms with Crippen LogP contribution in [-0.2, 0) is 9.59 Å². The van der Waals surface area contributed by atoms with Gasteiger partial charge in [-0.05, 0) is 49.5 Å². The maximum Gasteiger partial charge on any atom is 0.294 e. The molecule has 1 aliphatic carbocycles. The molecule has 2 aliphatic rings. The van der Waals surface area contributed by atoms with Gasteiger partial charge in [0.25, 0.3) is 5.91 Å². The van der Waals surface area contributed by atoms with Gasteiger partial charge in [-0.3, -0.25) is 14.5 Å². The molecule has 2 aromatic rings. The van der Waals surface area contributed by atoms with Crippen molar-refractivity contribution in [2.75, 3.05) is 11.4 Å². The van der Waals surface area contributed by atoms with Crippen molar-refractivity contribution >= 4 is 23.6 Å². The third-order valence-electron chi connectivity index (χ3n) is 5.93. The minimum atomic E-state index is -0.304. The molecule has 156 valence electrons. The molecule has 1 aliphatic heterocycles. The molecule has 1 heterocycles. The molecule has 2 unspecified atom stereocenters. The molecule has 0 spiro atoms. The Morgan fingerprint density at radius 1 is 1.17 bits per heavy atom. The van der Waals surface area contributed by atoms with Crippen LogP contribution in [-0.4, -0.2) is 24.4 Å². The molecule has 2 amide bonds. The number of carbonyl (C=O) groups is 2. The molecule has 0 bridgehead atoms. The van der Waals surface area contributed by atoms with E-state index in [9.17, 15) is 9.59 Å². The predicted molar refractivity (Wildman–Crippen MR) is 118 cm³/mol. The maximum absolute atomic E-state index is 13.2. The number of ether oxygens (including phenoxy) is 1. The second kappa shape index (κ2) is 8.74. The first-order valence-corrected chi connectivity index (χ1v) is 10.7. The van der Waals surface area contributed by atoms with Gasteiger partial charge in [0.15, 0.2) is 11.5 Å². The van der Waals surface area contributed by atoms with Crippen LogP contribution in [0.5, 0.6) is 5.75 Å². The Kier molecular flexibility index (Phi) is 5.88. The Bertz CT molecular complexity index is 982. The van der Waals surface area contributed by atoms with E-state index in [0.29, 0.717) is 17.4 Å². The number of carbonyl (C=O) groups excluding carboxylic acids is 2. The van der Waals surface area contributed by atoms with Crippen molar-refractivity contribution in [1.82, 2.24) is 5.32 Å². The highest BCUT2D eigenvalue weighted by atomic mass is 16.5. The van der Waals surface area contributed by atoms with Gasteiger partial charge in [0, 0.05) is 6.04 Å². The lowest BCUT2D eigenvalue weighted by Crippen LogP contribution is -2.48. The number of hydrogen-bond donors (Lipinski definition) is 1. The average Bonchev–Trinajstić information content (AvgIpc) is 2.73. The summed E-state index contributed by atoms with van der Waals surface area (Å²) in [6, 6.07) is 15.4. The SMILES string of the molecule is Cc1cccc(C=C2Oc3ccccc3N(CC(=O)NC3CCCCC3C)C2=O)c1. The number of para-hydroxylation sites is 2. The lowest BCUT2D eigenvalue weighted by molar-refractivity contribution is -0.124. The first-order chi connectivity index (χ1) is 14.5. The zero-order chi connectivity index (χ0) is 21.1. The second-order valence-electron chi connectivity index (χ2n) is 8.32. The van der Waals surface area contributed by atoms with Crippen LogP contribution in [0.25, 0.3) is 6.08 Å². The number of nitrogens with zero attached hydrogens (tertiary/aromatic N) is 1. The van der Waals surface area contributed by atoms with Gasteiger partial charge in [0.1, 0.15) is 6.54 Å². The van der Waals surface area contributed by atoms with Gasteiger partial charge in [-0.25, -0.2) is 0 Å². The summed E-state index contributed by atoms with van der Waals surface area (Å²) in [5.41, 5.74) is 2.61. The summed E-state index contributed by atoms with van der Waals surface area (Å²) in [4.78, 5) is 27.6. The Morgan fingerprint density at radius 2 is 1.97 bits per heavy atom. The molecular formula is C25H28N2O3. The van der Waals surface area contributed by atoms with Crippen molar-refractivity contribution in [3.63, 3.8) is 0 Å². The molecule has 1 N–H and O–H groups in total. The van der Waals surface area contributed by atoms with E-state index < -0.39 is 0 Å². The number of fused-ring (bicyclic) bond motifs is 1. The summed E-state index contributed by atoms with van der Waals surface area (Å²) >= 11 is 0. The molecule has 2 aromatic carbocycles. The van der Waals surface area contributed by atoms with Gasteiger partial charge >= 0.3 is 0 Å². The van der Waals surface area contributed by atoms with E-state index in [4.69, 9.17) is 4.74 Å². The number of rotatable bonds is 4. The number of amides is 2. The van der Waals surface area contributed by atoms with Crippen LogP contribution in [0.1, 0.15) is 43.7 Å². The van der Waals surface area contributed by atoms with E-state index in [2.05, 4.69) is 12.2 Å². The van der Waals surface area contributed by atoms with E-state index in [1.807, 2.05) is 55.5 Å². The second-order valence-corrected chi connectivity index (χ2v) is 8.32. The minimum Gasteiger partial charge on any atom is -0.449 e. The first kappa shape index (κ1) is 20.2. The van der Waals surface area contributed by atoms with Crippen molar-refractivity contribution in [3.8, 4) is 5.75 Å². The van der Waals surface area contributed by atoms with Crippen LogP contribution < -0.4 is 15.0 Å². The van der Waals surface area contributed by atoms with Crippen LogP contribution >= 0.6 is 0 Å². The smallest absolute Gasteiger partial charge is 0.294 e. The van der Waals surface area contributed by atoms with Crippen LogP contribution in [0.15, 0.2) is 54.3 Å². The van der Waals surface area contributed by atoms with Crippen molar-refractivity contribution < 1.29 is 14.3 Å². The molecule has 1 fully saturated rings. The summed E-state index contributed by atoms with van der Waals surface area (Å²) in [6.45, 7) is 4.17. The molecule has 2 atom stereocenters. The van der Waals surface area contributed by atoms with Crippen molar-refractivity contribution in [2.24, 2.45) is 5.92 Å². The molecule has 30 heavy (non-hydrogen) atoms. The van der Waals surface area contributed by atoms with Gasteiger partial charge in [0.2, 0.25) is 5.91 Å². The fourth-order valence-corrected chi connectivity index (χ4v) is 4.26. The van der Waals surface area contributed by atoms with E-state index >= 15 is 0 Å². The third-order valence-corrected chi connectivity index (χ3v) is 5.93. The maximum atomic E-state index is 13.2. The number of nitrogens with one attached hydrogen (secondary N) is 1. The third kappa shape index (κ3) is 4.40. The Hall–Kier alpha value is -3.08. The van der Waals surface area contributed by atoms with E-state index in [0.717, 1.165) is 30.4 Å². The number of anilines is 1. The largest absolute Gasteiger partial charge is 0.449 e. The zero-order valence-electron chi connectivity index (χ0n) is 17.6. The minimum absolute atomic E-state index is 0.0203. The first-order valence-electron chi connectivity index (χ1n) is 10.7. The quantitative estimate of drug-likeness (QED) is 0.766. The zero-order valence-corrected chi connectivity index (χ0v) is 17.6. The van der Waals surface area contributed by atoms with E-state index in [1.165, 1.54) is 11.3 Å². The molecule has 0 radical (unpaired) electrons. The predicted octanol–water partition coefficient (Wildman–Crippen LogP) is 4.46. The Morgan fingerprint density at radius 3 is 2.77 bits per heavy atom. The monoisotopic (exact) mass is 404 g/mol. The highest BCUT2D eigenvalue weighted by molar-refractivity contribution is 6.12. The Balaban J connectivity index is 1.57. The van der Waals surface area contributed by atoms with Crippen molar-refractivity contribution in [3.05, 3.63) is 65.4 Å². The van der Waals surface area contributed by atoms with Crippen LogP contribution in [0, 0.1) is 12.8 Å². The summed E-state index contributed by atoms with van der Waals surface area (Å²) < 4.78 is 5.91. The topological polar surface area (TPSA) is 58.6 Å². The molecule has 0 saturated heterocycles. The Labute approximate surface area is 177 Å². The molecule has 1 saturated carbocycles. The van der Waals surface area contributed by atoms with Crippen molar-refractivity contribution in [2.45, 2.75) is 45.6 Å². The fraction of sp³-hybridized carbons (Fsp3) is 0.360. The summed E-state index contributed by atoms with van der Waals surface area (Å²) in [5, 5.41) is 3.15. The van der Waals surface area contributed by atoms with Gasteiger partial charge in [-0.2, -0.15) is 0 Å². The van der Waals surface area contributed by atoms with E-state index in [-0.39, 0.29) is 30.2 Å². The number of hydrogen-bond acceptors (Lipinski definition) is 3. The fourth-order valence-electron chi connectivity index (χ4n) is 4.26. The lowest BCUT2D eigenvalue weighted by Gasteiger charge is -2.32. The van der Waals surface area contributed by atoms with Crippen LogP contribution in [0.2, 0.25) is 0 Å². The van der Waals surface area contributed by atoms with Crippen LogP contribution in [0.4, 0.5) is 5.69 Å². The van der Waals surface area contributed by atoms with Crippen molar-refractivity contribution in [1.29, 1.82) is 0 Å². The standard InChI is InChI=1S/C25H28N2O3/c1-17-8-7-10-19(14-17)15-23-25(29)27(21-12-5-6-13-22(21)30-23)16-24(28)26-20-11-4-3-9-18(20)2/h5-8,10,12-15,18,20H,3-4,9,11,16H2,1-2H3,(H,26,28). The summed E-state index contributed by atoms with van der Waals surface area (Å²) in [5.74, 6) is 0.830. The van der Waals surface area contributed by atoms with E-state index in [1.54, 1.807) is 6.08 Å². The normalized spacial score (nSPS) is 22.4.